The molecule has 0 bridgehead atoms. The van der Waals surface area contributed by atoms with Crippen LogP contribution in [0, 0.1) is 0 Å². The van der Waals surface area contributed by atoms with Gasteiger partial charge in [-0.1, -0.05) is 0 Å². The SMILES string of the molecule is Cn1ncc2cc(C(=O)Nc3ccc4c(c3)NC(=O)CS4)cnc21. The highest BCUT2D eigenvalue weighted by molar-refractivity contribution is 8.00. The first-order chi connectivity index (χ1) is 11.6. The molecule has 3 heterocycles. The van der Waals surface area contributed by atoms with Crippen molar-refractivity contribution in [1.29, 1.82) is 0 Å². The van der Waals surface area contributed by atoms with Crippen molar-refractivity contribution in [2.24, 2.45) is 7.05 Å². The molecule has 8 heteroatoms. The Kier molecular flexibility index (Phi) is 3.46. The van der Waals surface area contributed by atoms with E-state index in [0.29, 0.717) is 17.0 Å². The highest BCUT2D eigenvalue weighted by atomic mass is 32.2. The minimum Gasteiger partial charge on any atom is -0.324 e. The van der Waals surface area contributed by atoms with Gasteiger partial charge in [0.05, 0.1) is 23.2 Å². The van der Waals surface area contributed by atoms with Crippen LogP contribution in [0.3, 0.4) is 0 Å². The second-order valence-corrected chi connectivity index (χ2v) is 6.42. The minimum atomic E-state index is -0.261. The third kappa shape index (κ3) is 2.61. The van der Waals surface area contributed by atoms with Crippen molar-refractivity contribution < 1.29 is 9.59 Å². The summed E-state index contributed by atoms with van der Waals surface area (Å²) in [5.41, 5.74) is 2.51. The Hall–Kier alpha value is -2.87. The highest BCUT2D eigenvalue weighted by Crippen LogP contribution is 2.33. The summed E-state index contributed by atoms with van der Waals surface area (Å²) in [5, 5.41) is 10.6. The molecule has 0 fully saturated rings. The number of nitrogens with one attached hydrogen (secondary N) is 2. The first kappa shape index (κ1) is 14.7. The molecule has 3 aromatic rings. The van der Waals surface area contributed by atoms with Gasteiger partial charge < -0.3 is 10.6 Å². The van der Waals surface area contributed by atoms with Crippen LogP contribution in [0.5, 0.6) is 0 Å². The van der Waals surface area contributed by atoms with Gasteiger partial charge >= 0.3 is 0 Å². The molecule has 24 heavy (non-hydrogen) atoms. The Morgan fingerprint density at radius 3 is 3.08 bits per heavy atom. The van der Waals surface area contributed by atoms with Crippen LogP contribution in [0.15, 0.2) is 41.6 Å². The maximum atomic E-state index is 12.4. The molecule has 0 atom stereocenters. The van der Waals surface area contributed by atoms with E-state index < -0.39 is 0 Å². The number of pyridine rings is 1. The first-order valence-corrected chi connectivity index (χ1v) is 8.24. The zero-order chi connectivity index (χ0) is 16.7. The number of benzene rings is 1. The Bertz CT molecular complexity index is 982. The van der Waals surface area contributed by atoms with Gasteiger partial charge in [0, 0.05) is 29.2 Å². The maximum Gasteiger partial charge on any atom is 0.257 e. The van der Waals surface area contributed by atoms with E-state index in [9.17, 15) is 9.59 Å². The van der Waals surface area contributed by atoms with E-state index in [1.54, 1.807) is 30.1 Å². The van der Waals surface area contributed by atoms with Gasteiger partial charge in [-0.25, -0.2) is 4.98 Å². The summed E-state index contributed by atoms with van der Waals surface area (Å²) in [6, 6.07) is 7.21. The molecule has 1 aliphatic heterocycles. The average Bonchev–Trinajstić information content (AvgIpc) is 2.95. The summed E-state index contributed by atoms with van der Waals surface area (Å²) >= 11 is 1.48. The second kappa shape index (κ2) is 5.64. The fraction of sp³-hybridized carbons (Fsp3) is 0.125. The van der Waals surface area contributed by atoms with Crippen molar-refractivity contribution >= 4 is 46.0 Å². The molecule has 1 aliphatic rings. The Balaban J connectivity index is 1.58. The predicted octanol–water partition coefficient (Wildman–Crippen LogP) is 2.26. The molecular weight excluding hydrogens is 326 g/mol. The van der Waals surface area contributed by atoms with Gasteiger partial charge in [-0.05, 0) is 24.3 Å². The van der Waals surface area contributed by atoms with Crippen LogP contribution in [0.25, 0.3) is 11.0 Å². The minimum absolute atomic E-state index is 0.0396. The molecule has 120 valence electrons. The molecular formula is C16H13N5O2S. The fourth-order valence-electron chi connectivity index (χ4n) is 2.53. The standard InChI is InChI=1S/C16H13N5O2S/c1-21-15-9(7-18-21)4-10(6-17-15)16(23)19-11-2-3-13-12(5-11)20-14(22)8-24-13/h2-7H,8H2,1H3,(H,19,23)(H,20,22). The molecule has 1 aromatic carbocycles. The number of aryl methyl sites for hydroxylation is 1. The number of carbonyl (C=O) groups is 2. The maximum absolute atomic E-state index is 12.4. The van der Waals surface area contributed by atoms with E-state index in [1.807, 2.05) is 12.1 Å². The number of rotatable bonds is 2. The van der Waals surface area contributed by atoms with E-state index in [-0.39, 0.29) is 11.8 Å². The predicted molar refractivity (Wildman–Crippen MR) is 92.3 cm³/mol. The van der Waals surface area contributed by atoms with E-state index in [2.05, 4.69) is 20.7 Å². The molecule has 0 saturated carbocycles. The van der Waals surface area contributed by atoms with Crippen molar-refractivity contribution in [3.8, 4) is 0 Å². The van der Waals surface area contributed by atoms with Crippen LogP contribution in [0.1, 0.15) is 10.4 Å². The number of thioether (sulfide) groups is 1. The van der Waals surface area contributed by atoms with Gasteiger partial charge in [0.15, 0.2) is 5.65 Å². The highest BCUT2D eigenvalue weighted by Gasteiger charge is 2.16. The number of fused-ring (bicyclic) bond motifs is 2. The number of anilines is 2. The Morgan fingerprint density at radius 2 is 2.21 bits per heavy atom. The lowest BCUT2D eigenvalue weighted by molar-refractivity contribution is -0.113. The van der Waals surface area contributed by atoms with Crippen molar-refractivity contribution in [3.05, 3.63) is 42.2 Å². The van der Waals surface area contributed by atoms with Crippen LogP contribution in [0.2, 0.25) is 0 Å². The van der Waals surface area contributed by atoms with Crippen molar-refractivity contribution in [1.82, 2.24) is 14.8 Å². The van der Waals surface area contributed by atoms with E-state index >= 15 is 0 Å². The summed E-state index contributed by atoms with van der Waals surface area (Å²) in [5.74, 6) is 0.111. The van der Waals surface area contributed by atoms with E-state index in [1.165, 1.54) is 18.0 Å². The normalized spacial score (nSPS) is 13.5. The lowest BCUT2D eigenvalue weighted by atomic mass is 10.2. The van der Waals surface area contributed by atoms with Crippen LogP contribution in [-0.2, 0) is 11.8 Å². The van der Waals surface area contributed by atoms with Crippen molar-refractivity contribution in [2.75, 3.05) is 16.4 Å². The van der Waals surface area contributed by atoms with Crippen LogP contribution in [0.4, 0.5) is 11.4 Å². The zero-order valence-electron chi connectivity index (χ0n) is 12.7. The summed E-state index contributed by atoms with van der Waals surface area (Å²) < 4.78 is 1.65. The first-order valence-electron chi connectivity index (χ1n) is 7.26. The number of hydrogen-bond acceptors (Lipinski definition) is 5. The second-order valence-electron chi connectivity index (χ2n) is 5.41. The molecule has 2 N–H and O–H groups in total. The fourth-order valence-corrected chi connectivity index (χ4v) is 3.32. The molecule has 0 radical (unpaired) electrons. The smallest absolute Gasteiger partial charge is 0.257 e. The molecule has 0 aliphatic carbocycles. The lowest BCUT2D eigenvalue weighted by Crippen LogP contribution is -2.19. The molecule has 0 spiro atoms. The van der Waals surface area contributed by atoms with Gasteiger partial charge in [-0.15, -0.1) is 11.8 Å². The van der Waals surface area contributed by atoms with E-state index in [0.717, 1.165) is 21.6 Å². The Labute approximate surface area is 141 Å². The van der Waals surface area contributed by atoms with Gasteiger partial charge in [0.1, 0.15) is 0 Å². The molecule has 0 unspecified atom stereocenters. The largest absolute Gasteiger partial charge is 0.324 e. The topological polar surface area (TPSA) is 88.9 Å². The van der Waals surface area contributed by atoms with Crippen molar-refractivity contribution in [3.63, 3.8) is 0 Å². The average molecular weight is 339 g/mol. The molecule has 4 rings (SSSR count). The number of hydrogen-bond donors (Lipinski definition) is 2. The summed E-state index contributed by atoms with van der Waals surface area (Å²) in [7, 11) is 1.80. The summed E-state index contributed by atoms with van der Waals surface area (Å²) in [6.07, 6.45) is 3.19. The van der Waals surface area contributed by atoms with E-state index in [4.69, 9.17) is 0 Å². The number of amides is 2. The van der Waals surface area contributed by atoms with Crippen LogP contribution >= 0.6 is 11.8 Å². The molecule has 7 nitrogen and oxygen atoms in total. The number of nitrogens with zero attached hydrogens (tertiary/aromatic N) is 3. The van der Waals surface area contributed by atoms with Gasteiger partial charge in [-0.3, -0.25) is 14.3 Å². The summed E-state index contributed by atoms with van der Waals surface area (Å²) in [6.45, 7) is 0. The third-order valence-corrected chi connectivity index (χ3v) is 4.78. The van der Waals surface area contributed by atoms with Gasteiger partial charge in [-0.2, -0.15) is 5.10 Å². The quantitative estimate of drug-likeness (QED) is 0.748. The number of aromatic nitrogens is 3. The number of carbonyl (C=O) groups excluding carboxylic acids is 2. The monoisotopic (exact) mass is 339 g/mol. The van der Waals surface area contributed by atoms with Crippen LogP contribution < -0.4 is 10.6 Å². The summed E-state index contributed by atoms with van der Waals surface area (Å²) in [4.78, 5) is 29.2. The zero-order valence-corrected chi connectivity index (χ0v) is 13.6. The van der Waals surface area contributed by atoms with Crippen molar-refractivity contribution in [2.45, 2.75) is 4.90 Å². The van der Waals surface area contributed by atoms with Gasteiger partial charge in [0.25, 0.3) is 5.91 Å². The third-order valence-electron chi connectivity index (χ3n) is 3.70. The molecule has 2 amide bonds. The lowest BCUT2D eigenvalue weighted by Gasteiger charge is -2.17. The Morgan fingerprint density at radius 1 is 1.33 bits per heavy atom. The van der Waals surface area contributed by atoms with Crippen LogP contribution in [-0.4, -0.2) is 32.3 Å². The molecule has 2 aromatic heterocycles. The van der Waals surface area contributed by atoms with Gasteiger partial charge in [0.2, 0.25) is 5.91 Å². The molecule has 0 saturated heterocycles.